The van der Waals surface area contributed by atoms with Gasteiger partial charge in [0, 0.05) is 29.1 Å². The van der Waals surface area contributed by atoms with E-state index in [0.717, 1.165) is 37.6 Å². The van der Waals surface area contributed by atoms with Crippen LogP contribution in [0.2, 0.25) is 0 Å². The summed E-state index contributed by atoms with van der Waals surface area (Å²) in [6.45, 7) is 7.69. The lowest BCUT2D eigenvalue weighted by Crippen LogP contribution is -2.29. The van der Waals surface area contributed by atoms with E-state index in [1.54, 1.807) is 12.3 Å². The van der Waals surface area contributed by atoms with Crippen LogP contribution < -0.4 is 15.4 Å². The minimum Gasteiger partial charge on any atom is -0.365 e. The summed E-state index contributed by atoms with van der Waals surface area (Å²) in [6, 6.07) is 10.0. The maximum atomic E-state index is 16.1. The molecule has 1 aliphatic rings. The van der Waals surface area contributed by atoms with Gasteiger partial charge in [0.05, 0.1) is 11.7 Å². The van der Waals surface area contributed by atoms with Gasteiger partial charge < -0.3 is 10.6 Å². The normalized spacial score (nSPS) is 14.7. The van der Waals surface area contributed by atoms with Crippen molar-refractivity contribution in [2.24, 2.45) is 0 Å². The summed E-state index contributed by atoms with van der Waals surface area (Å²) in [6.07, 6.45) is 5.22. The zero-order valence-corrected chi connectivity index (χ0v) is 23.7. The molecule has 2 aromatic carbocycles. The van der Waals surface area contributed by atoms with Gasteiger partial charge in [0.2, 0.25) is 0 Å². The predicted molar refractivity (Wildman–Crippen MR) is 153 cm³/mol. The molecule has 4 aromatic rings. The maximum Gasteiger partial charge on any atom is 0.265 e. The fourth-order valence-electron chi connectivity index (χ4n) is 4.79. The van der Waals surface area contributed by atoms with Crippen LogP contribution in [0.1, 0.15) is 39.7 Å². The van der Waals surface area contributed by atoms with Crippen molar-refractivity contribution in [1.82, 2.24) is 20.1 Å². The molecule has 2 aromatic heterocycles. The van der Waals surface area contributed by atoms with Gasteiger partial charge >= 0.3 is 0 Å². The van der Waals surface area contributed by atoms with E-state index in [9.17, 15) is 17.2 Å². The third-order valence-electron chi connectivity index (χ3n) is 6.67. The van der Waals surface area contributed by atoms with Crippen LogP contribution in [0, 0.1) is 17.5 Å². The largest absolute Gasteiger partial charge is 0.365 e. The summed E-state index contributed by atoms with van der Waals surface area (Å²) >= 11 is 0. The lowest BCUT2D eigenvalue weighted by molar-refractivity contribution is 0.343. The predicted octanol–water partition coefficient (Wildman–Crippen LogP) is 5.97. The van der Waals surface area contributed by atoms with Crippen LogP contribution in [0.3, 0.4) is 0 Å². The van der Waals surface area contributed by atoms with E-state index < -0.39 is 38.1 Å². The second-order valence-electron chi connectivity index (χ2n) is 11.0. The molecule has 0 atom stereocenters. The number of nitrogens with zero attached hydrogens (tertiary/aromatic N) is 3. The fourth-order valence-corrected chi connectivity index (χ4v) is 5.94. The number of rotatable bonds is 7. The third-order valence-corrected chi connectivity index (χ3v) is 8.05. The molecule has 0 unspecified atom stereocenters. The maximum absolute atomic E-state index is 16.1. The molecule has 8 nitrogen and oxygen atoms in total. The van der Waals surface area contributed by atoms with Gasteiger partial charge in [-0.3, -0.25) is 9.40 Å². The highest BCUT2D eigenvalue weighted by molar-refractivity contribution is 7.92. The lowest BCUT2D eigenvalue weighted by atomic mass is 10.0. The number of piperidine rings is 1. The van der Waals surface area contributed by atoms with Gasteiger partial charge in [0.25, 0.3) is 10.0 Å². The van der Waals surface area contributed by atoms with Gasteiger partial charge in [0.1, 0.15) is 28.0 Å². The van der Waals surface area contributed by atoms with Crippen molar-refractivity contribution in [2.45, 2.75) is 50.1 Å². The highest BCUT2D eigenvalue weighted by atomic mass is 32.2. The Bertz CT molecular complexity index is 1680. The lowest BCUT2D eigenvalue weighted by Gasteiger charge is -2.22. The number of halogens is 3. The van der Waals surface area contributed by atoms with Crippen molar-refractivity contribution >= 4 is 21.5 Å². The Morgan fingerprint density at radius 1 is 1.00 bits per heavy atom. The minimum absolute atomic E-state index is 0.0507. The van der Waals surface area contributed by atoms with Gasteiger partial charge in [-0.15, -0.1) is 0 Å². The molecule has 1 aliphatic heterocycles. The first kappa shape index (κ1) is 28.6. The highest BCUT2D eigenvalue weighted by Gasteiger charge is 2.26. The molecule has 216 valence electrons. The number of benzene rings is 2. The molecule has 1 fully saturated rings. The second kappa shape index (κ2) is 11.2. The van der Waals surface area contributed by atoms with E-state index in [0.29, 0.717) is 29.2 Å². The van der Waals surface area contributed by atoms with Gasteiger partial charge in [-0.05, 0) is 94.7 Å². The fraction of sp³-hybridized carbons (Fsp3) is 0.310. The average Bonchev–Trinajstić information content (AvgIpc) is 3.36. The van der Waals surface area contributed by atoms with Crippen molar-refractivity contribution in [3.63, 3.8) is 0 Å². The Morgan fingerprint density at radius 3 is 2.49 bits per heavy atom. The minimum atomic E-state index is -4.64. The quantitative estimate of drug-likeness (QED) is 0.248. The standard InChI is InChI=1S/C29H31F3N6O2S/c1-29(2,3)35-26-15-18(9-14-34-26)22-17-38(20-10-12-33-13-11-20)36-28(22)21-5-4-6-24(27(21)32)37-41(39,40)25-16-19(30)7-8-23(25)31/h4-9,14-17,20,33,37H,10-13H2,1-3H3,(H,34,35). The summed E-state index contributed by atoms with van der Waals surface area (Å²) in [7, 11) is -4.64. The van der Waals surface area contributed by atoms with Crippen LogP contribution in [0.5, 0.6) is 0 Å². The van der Waals surface area contributed by atoms with E-state index >= 15 is 4.39 Å². The van der Waals surface area contributed by atoms with Crippen LogP contribution in [-0.2, 0) is 10.0 Å². The number of hydrogen-bond acceptors (Lipinski definition) is 6. The van der Waals surface area contributed by atoms with Gasteiger partial charge in [-0.2, -0.15) is 5.10 Å². The Labute approximate surface area is 237 Å². The van der Waals surface area contributed by atoms with Crippen LogP contribution >= 0.6 is 0 Å². The van der Waals surface area contributed by atoms with E-state index in [4.69, 9.17) is 5.10 Å². The van der Waals surface area contributed by atoms with Crippen LogP contribution in [0.4, 0.5) is 24.7 Å². The number of aromatic nitrogens is 3. The first-order valence-corrected chi connectivity index (χ1v) is 14.7. The van der Waals surface area contributed by atoms with Crippen molar-refractivity contribution < 1.29 is 21.6 Å². The van der Waals surface area contributed by atoms with Crippen LogP contribution in [-0.4, -0.2) is 41.8 Å². The Morgan fingerprint density at radius 2 is 1.76 bits per heavy atom. The number of anilines is 2. The molecule has 0 aliphatic carbocycles. The molecule has 3 heterocycles. The Kier molecular flexibility index (Phi) is 7.80. The Hall–Kier alpha value is -3.90. The van der Waals surface area contributed by atoms with Crippen LogP contribution in [0.15, 0.2) is 65.8 Å². The molecule has 0 amide bonds. The molecule has 0 saturated carbocycles. The van der Waals surface area contributed by atoms with Crippen molar-refractivity contribution in [2.75, 3.05) is 23.1 Å². The number of sulfonamides is 1. The number of hydrogen-bond donors (Lipinski definition) is 3. The smallest absolute Gasteiger partial charge is 0.265 e. The molecule has 12 heteroatoms. The summed E-state index contributed by atoms with van der Waals surface area (Å²) < 4.78 is 73.7. The highest BCUT2D eigenvalue weighted by Crippen LogP contribution is 2.37. The molecule has 3 N–H and O–H groups in total. The van der Waals surface area contributed by atoms with Gasteiger partial charge in [0.15, 0.2) is 5.82 Å². The summed E-state index contributed by atoms with van der Waals surface area (Å²) in [5.74, 6) is -2.36. The number of pyridine rings is 1. The van der Waals surface area contributed by atoms with Crippen LogP contribution in [0.25, 0.3) is 22.4 Å². The second-order valence-corrected chi connectivity index (χ2v) is 12.7. The summed E-state index contributed by atoms with van der Waals surface area (Å²) in [4.78, 5) is 3.49. The number of nitrogens with one attached hydrogen (secondary N) is 3. The van der Waals surface area contributed by atoms with Crippen molar-refractivity contribution in [3.05, 3.63) is 78.4 Å². The zero-order valence-electron chi connectivity index (χ0n) is 22.9. The summed E-state index contributed by atoms with van der Waals surface area (Å²) in [5.41, 5.74) is 1.08. The van der Waals surface area contributed by atoms with E-state index in [-0.39, 0.29) is 17.1 Å². The Balaban J connectivity index is 1.59. The van der Waals surface area contributed by atoms with Gasteiger partial charge in [-0.25, -0.2) is 26.6 Å². The van der Waals surface area contributed by atoms with E-state index in [1.807, 2.05) is 37.7 Å². The molecule has 0 radical (unpaired) electrons. The van der Waals surface area contributed by atoms with Crippen molar-refractivity contribution in [3.8, 4) is 22.4 Å². The van der Waals surface area contributed by atoms with E-state index in [1.165, 1.54) is 18.2 Å². The molecular formula is C29H31F3N6O2S. The molecular weight excluding hydrogens is 553 g/mol. The molecule has 1 saturated heterocycles. The molecule has 41 heavy (non-hydrogen) atoms. The first-order valence-electron chi connectivity index (χ1n) is 13.2. The van der Waals surface area contributed by atoms with Gasteiger partial charge in [-0.1, -0.05) is 6.07 Å². The molecule has 0 bridgehead atoms. The van der Waals surface area contributed by atoms with E-state index in [2.05, 4.69) is 20.3 Å². The first-order chi connectivity index (χ1) is 19.4. The topological polar surface area (TPSA) is 101 Å². The third kappa shape index (κ3) is 6.38. The van der Waals surface area contributed by atoms with Crippen molar-refractivity contribution in [1.29, 1.82) is 0 Å². The average molecular weight is 585 g/mol. The summed E-state index contributed by atoms with van der Waals surface area (Å²) in [5, 5.41) is 11.4. The zero-order chi connectivity index (χ0) is 29.4. The monoisotopic (exact) mass is 584 g/mol. The SMILES string of the molecule is CC(C)(C)Nc1cc(-c2cn(C3CCNCC3)nc2-c2cccc(NS(=O)(=O)c3cc(F)ccc3F)c2F)ccn1. The molecule has 0 spiro atoms. The molecule has 5 rings (SSSR count).